The van der Waals surface area contributed by atoms with Gasteiger partial charge in [-0.3, -0.25) is 9.59 Å². The van der Waals surface area contributed by atoms with Crippen molar-refractivity contribution < 1.29 is 23.1 Å². The number of piperidine rings is 2. The van der Waals surface area contributed by atoms with Crippen LogP contribution in [0.1, 0.15) is 40.9 Å². The maximum atomic E-state index is 14.5. The first-order chi connectivity index (χ1) is 33.1. The lowest BCUT2D eigenvalue weighted by atomic mass is 9.97. The molecule has 0 spiro atoms. The minimum Gasteiger partial charge on any atom is -0.496 e. The summed E-state index contributed by atoms with van der Waals surface area (Å²) in [6.07, 6.45) is 13.0. The number of rotatable bonds is 12. The summed E-state index contributed by atoms with van der Waals surface area (Å²) >= 11 is 13.8. The number of para-hydroxylation sites is 1. The topological polar surface area (TPSA) is 183 Å². The molecule has 2 atom stereocenters. The van der Waals surface area contributed by atoms with Crippen molar-refractivity contribution >= 4 is 80.1 Å². The van der Waals surface area contributed by atoms with Gasteiger partial charge in [-0.1, -0.05) is 41.4 Å². The van der Waals surface area contributed by atoms with Crippen LogP contribution in [0.15, 0.2) is 91.1 Å². The Bertz CT molecular complexity index is 3060. The van der Waals surface area contributed by atoms with E-state index in [9.17, 15) is 18.4 Å². The number of halogens is 4. The van der Waals surface area contributed by atoms with Crippen LogP contribution < -0.4 is 15.4 Å². The normalized spacial score (nSPS) is 16.1. The fraction of sp³-hybridized carbons (Fsp3) is 0.292. The van der Waals surface area contributed by atoms with E-state index in [1.807, 2.05) is 39.4 Å². The molecule has 7 aromatic heterocycles. The van der Waals surface area contributed by atoms with E-state index >= 15 is 0 Å². The molecule has 68 heavy (non-hydrogen) atoms. The van der Waals surface area contributed by atoms with Gasteiger partial charge >= 0.3 is 0 Å². The number of fused-ring (bicyclic) bond motifs is 2. The van der Waals surface area contributed by atoms with E-state index in [1.54, 1.807) is 67.5 Å². The second-order valence-electron chi connectivity index (χ2n) is 16.6. The van der Waals surface area contributed by atoms with E-state index in [1.165, 1.54) is 6.20 Å². The summed E-state index contributed by atoms with van der Waals surface area (Å²) in [6, 6.07) is 14.7. The molecule has 2 fully saturated rings. The van der Waals surface area contributed by atoms with Crippen LogP contribution in [-0.2, 0) is 11.2 Å². The Balaban J connectivity index is 0.000000170. The molecule has 2 amide bonds. The van der Waals surface area contributed by atoms with E-state index in [0.717, 1.165) is 54.1 Å². The number of aromatic amines is 2. The lowest BCUT2D eigenvalue weighted by molar-refractivity contribution is -0.132. The van der Waals surface area contributed by atoms with E-state index < -0.39 is 11.6 Å². The quantitative estimate of drug-likeness (QED) is 0.0915. The molecule has 0 bridgehead atoms. The van der Waals surface area contributed by atoms with Crippen molar-refractivity contribution in [3.8, 4) is 28.5 Å². The number of methoxy groups -OCH3 is 1. The lowest BCUT2D eigenvalue weighted by Gasteiger charge is -2.33. The predicted octanol–water partition coefficient (Wildman–Crippen LogP) is 9.55. The number of anilines is 2. The third kappa shape index (κ3) is 10.7. The van der Waals surface area contributed by atoms with Gasteiger partial charge in [-0.15, -0.1) is 11.3 Å². The molecule has 2 unspecified atom stereocenters. The zero-order chi connectivity index (χ0) is 47.1. The minimum atomic E-state index is -0.539. The van der Waals surface area contributed by atoms with Crippen LogP contribution in [-0.4, -0.2) is 108 Å². The fourth-order valence-electron chi connectivity index (χ4n) is 8.59. The number of amides is 2. The molecule has 4 N–H and O–H groups in total. The number of benzene rings is 1. The summed E-state index contributed by atoms with van der Waals surface area (Å²) < 4.78 is 34.4. The molecule has 2 aliphatic heterocycles. The average Bonchev–Trinajstić information content (AvgIpc) is 4.14. The molecule has 0 radical (unpaired) electrons. The van der Waals surface area contributed by atoms with E-state index in [2.05, 4.69) is 50.5 Å². The Morgan fingerprint density at radius 1 is 0.765 bits per heavy atom. The molecule has 350 valence electrons. The standard InChI is InChI=1S/C25H24ClFN6O2.C23H22ClFN6OS/c1-35-21-7-3-2-6-17(21)25(34)33-8-4-5-15(14-33)10-28-24-20(27)13-31-23(32-24)19-12-30-22-18(19)9-16(26)11-29-22;24-15-7-17-18(11-28-21(17)27-10-15)22-29-12-19(25)23(30-22)26-9-14-3-1-5-31(13-14)20(32)8-16-4-2-6-33-16/h2-3,6-7,9,11-13,15H,4-5,8,10,14H2,1H3,(H,29,30)(H,28,31,32);2,4,6-7,10-12,14H,1,3,5,8-9,13H2,(H,27,28)(H,26,29,30). The number of hydrogen-bond acceptors (Lipinski definition) is 12. The van der Waals surface area contributed by atoms with Crippen molar-refractivity contribution in [1.82, 2.24) is 49.7 Å². The van der Waals surface area contributed by atoms with Crippen molar-refractivity contribution in [3.05, 3.63) is 123 Å². The van der Waals surface area contributed by atoms with Crippen molar-refractivity contribution in [2.24, 2.45) is 11.8 Å². The Labute approximate surface area is 403 Å². The third-order valence-electron chi connectivity index (χ3n) is 12.0. The molecule has 2 aliphatic rings. The molecular formula is C48H46Cl2F2N12O3S. The summed E-state index contributed by atoms with van der Waals surface area (Å²) in [5.41, 5.74) is 3.24. The van der Waals surface area contributed by atoms with Crippen molar-refractivity contribution in [2.45, 2.75) is 32.1 Å². The van der Waals surface area contributed by atoms with E-state index in [-0.39, 0.29) is 35.3 Å². The number of pyridine rings is 2. The minimum absolute atomic E-state index is 0.0609. The molecule has 0 saturated carbocycles. The average molecular weight is 980 g/mol. The molecule has 1 aromatic carbocycles. The summed E-state index contributed by atoms with van der Waals surface area (Å²) in [5, 5.41) is 10.8. The second-order valence-corrected chi connectivity index (χ2v) is 18.5. The molecule has 20 heteroatoms. The third-order valence-corrected chi connectivity index (χ3v) is 13.3. The van der Waals surface area contributed by atoms with E-state index in [4.69, 9.17) is 27.9 Å². The van der Waals surface area contributed by atoms with Gasteiger partial charge in [0.2, 0.25) is 5.91 Å². The molecule has 10 rings (SSSR count). The SMILES string of the molecule is COc1ccccc1C(=O)N1CCCC(CNc2nc(-c3c[nH]c4ncc(Cl)cc34)ncc2F)C1.O=C(Cc1cccs1)N1CCCC(CNc2nc(-c3c[nH]c4ncc(Cl)cc34)ncc2F)C1. The van der Waals surface area contributed by atoms with Gasteiger partial charge < -0.3 is 35.1 Å². The van der Waals surface area contributed by atoms with Crippen molar-refractivity contribution in [3.63, 3.8) is 0 Å². The van der Waals surface area contributed by atoms with Gasteiger partial charge in [0, 0.05) is 90.8 Å². The zero-order valence-corrected chi connectivity index (χ0v) is 39.1. The van der Waals surface area contributed by atoms with Gasteiger partial charge in [-0.2, -0.15) is 0 Å². The zero-order valence-electron chi connectivity index (χ0n) is 36.8. The first-order valence-corrected chi connectivity index (χ1v) is 23.7. The second kappa shape index (κ2) is 21.0. The lowest BCUT2D eigenvalue weighted by Crippen LogP contribution is -2.42. The number of aromatic nitrogens is 8. The maximum absolute atomic E-state index is 14.5. The summed E-state index contributed by atoms with van der Waals surface area (Å²) in [7, 11) is 1.56. The highest BCUT2D eigenvalue weighted by molar-refractivity contribution is 7.10. The molecular weight excluding hydrogens is 934 g/mol. The van der Waals surface area contributed by atoms with Crippen LogP contribution >= 0.6 is 34.5 Å². The first-order valence-electron chi connectivity index (χ1n) is 22.1. The Kier molecular flexibility index (Phi) is 14.3. The summed E-state index contributed by atoms with van der Waals surface area (Å²) in [4.78, 5) is 62.3. The highest BCUT2D eigenvalue weighted by Crippen LogP contribution is 2.31. The highest BCUT2D eigenvalue weighted by atomic mass is 35.5. The Hall–Kier alpha value is -6.76. The van der Waals surface area contributed by atoms with Crippen molar-refractivity contribution in [2.75, 3.05) is 57.0 Å². The van der Waals surface area contributed by atoms with Gasteiger partial charge in [0.1, 0.15) is 17.0 Å². The number of nitrogens with zero attached hydrogens (tertiary/aromatic N) is 8. The summed E-state index contributed by atoms with van der Waals surface area (Å²) in [6.45, 7) is 3.67. The van der Waals surface area contributed by atoms with Crippen LogP contribution in [0.2, 0.25) is 10.0 Å². The molecule has 0 aliphatic carbocycles. The molecule has 8 aromatic rings. The number of thiophene rings is 1. The monoisotopic (exact) mass is 978 g/mol. The number of ether oxygens (including phenoxy) is 1. The van der Waals surface area contributed by atoms with Crippen LogP contribution in [0.4, 0.5) is 20.4 Å². The fourth-order valence-corrected chi connectivity index (χ4v) is 9.60. The summed E-state index contributed by atoms with van der Waals surface area (Å²) in [5.74, 6) is 0.959. The molecule has 2 saturated heterocycles. The highest BCUT2D eigenvalue weighted by Gasteiger charge is 2.27. The van der Waals surface area contributed by atoms with Gasteiger partial charge in [-0.25, -0.2) is 38.7 Å². The number of likely N-dealkylation sites (tertiary alicyclic amines) is 2. The van der Waals surface area contributed by atoms with Crippen LogP contribution in [0.3, 0.4) is 0 Å². The number of nitrogens with one attached hydrogen (secondary N) is 4. The van der Waals surface area contributed by atoms with Gasteiger partial charge in [-0.05, 0) is 73.2 Å². The van der Waals surface area contributed by atoms with E-state index in [0.29, 0.717) is 94.6 Å². The van der Waals surface area contributed by atoms with Crippen LogP contribution in [0, 0.1) is 23.5 Å². The van der Waals surface area contributed by atoms with Crippen LogP contribution in [0.5, 0.6) is 5.75 Å². The largest absolute Gasteiger partial charge is 0.496 e. The first kappa shape index (κ1) is 46.4. The number of H-pyrrole nitrogens is 2. The Morgan fingerprint density at radius 2 is 1.32 bits per heavy atom. The maximum Gasteiger partial charge on any atom is 0.257 e. The molecule has 15 nitrogen and oxygen atoms in total. The Morgan fingerprint density at radius 3 is 1.88 bits per heavy atom. The molecule has 9 heterocycles. The number of carbonyl (C=O) groups is 2. The smallest absolute Gasteiger partial charge is 0.257 e. The van der Waals surface area contributed by atoms with Crippen molar-refractivity contribution in [1.29, 1.82) is 0 Å². The van der Waals surface area contributed by atoms with Gasteiger partial charge in [0.25, 0.3) is 5.91 Å². The number of carbonyl (C=O) groups excluding carboxylic acids is 2. The van der Waals surface area contributed by atoms with Crippen LogP contribution in [0.25, 0.3) is 44.8 Å². The number of hydrogen-bond donors (Lipinski definition) is 4. The van der Waals surface area contributed by atoms with Gasteiger partial charge in [0.05, 0.1) is 41.5 Å². The predicted molar refractivity (Wildman–Crippen MR) is 260 cm³/mol. The van der Waals surface area contributed by atoms with Gasteiger partial charge in [0.15, 0.2) is 34.9 Å².